The summed E-state index contributed by atoms with van der Waals surface area (Å²) in [5.74, 6) is -0.796. The molecule has 14 heavy (non-hydrogen) atoms. The molecule has 0 amide bonds. The largest absolute Gasteiger partial charge is 0.434 e. The number of hydrogen-bond donors (Lipinski definition) is 1. The lowest BCUT2D eigenvalue weighted by atomic mass is 10.2. The van der Waals surface area contributed by atoms with E-state index in [1.54, 1.807) is 0 Å². The zero-order valence-corrected chi connectivity index (χ0v) is 8.91. The Morgan fingerprint density at radius 2 is 2.29 bits per heavy atom. The van der Waals surface area contributed by atoms with Gasteiger partial charge >= 0.3 is 5.76 Å². The van der Waals surface area contributed by atoms with E-state index in [0.717, 1.165) is 0 Å². The molecule has 0 saturated carbocycles. The molecule has 0 bridgehead atoms. The summed E-state index contributed by atoms with van der Waals surface area (Å²) in [6.45, 7) is 0. The molecule has 1 N–H and O–H groups in total. The molecule has 1 heterocycles. The highest BCUT2D eigenvalue weighted by atomic mass is 127. The van der Waals surface area contributed by atoms with Crippen LogP contribution in [0.2, 0.25) is 0 Å². The number of H-pyrrole nitrogens is 1. The van der Waals surface area contributed by atoms with Gasteiger partial charge in [0, 0.05) is 3.57 Å². The molecule has 2 aromatic rings. The van der Waals surface area contributed by atoms with E-state index in [4.69, 9.17) is 4.42 Å². The van der Waals surface area contributed by atoms with Crippen LogP contribution >= 0.6 is 22.6 Å². The van der Waals surface area contributed by atoms with Gasteiger partial charge in [-0.3, -0.25) is 0 Å². The van der Waals surface area contributed by atoms with E-state index < -0.39 is 5.76 Å². The van der Waals surface area contributed by atoms with E-state index in [2.05, 4.69) is 10.2 Å². The molecular weight excluding hydrogens is 302 g/mol. The summed E-state index contributed by atoms with van der Waals surface area (Å²) < 4.78 is 18.1. The van der Waals surface area contributed by atoms with Gasteiger partial charge in [0.25, 0.3) is 0 Å². The van der Waals surface area contributed by atoms with Crippen molar-refractivity contribution in [1.29, 1.82) is 0 Å². The molecular formula is C8H4FIN2O2. The highest BCUT2D eigenvalue weighted by Crippen LogP contribution is 2.22. The van der Waals surface area contributed by atoms with Gasteiger partial charge in [0.1, 0.15) is 5.82 Å². The second-order valence-electron chi connectivity index (χ2n) is 2.54. The fraction of sp³-hybridized carbons (Fsp3) is 0. The molecule has 0 radical (unpaired) electrons. The highest BCUT2D eigenvalue weighted by molar-refractivity contribution is 14.1. The van der Waals surface area contributed by atoms with Crippen LogP contribution in [0, 0.1) is 9.39 Å². The van der Waals surface area contributed by atoms with Crippen LogP contribution in [0.1, 0.15) is 0 Å². The van der Waals surface area contributed by atoms with Gasteiger partial charge in [-0.25, -0.2) is 14.3 Å². The number of rotatable bonds is 1. The third kappa shape index (κ3) is 1.69. The molecule has 1 aromatic heterocycles. The second-order valence-corrected chi connectivity index (χ2v) is 3.70. The molecule has 0 aliphatic heterocycles. The zero-order valence-electron chi connectivity index (χ0n) is 6.75. The highest BCUT2D eigenvalue weighted by Gasteiger charge is 2.09. The molecule has 0 atom stereocenters. The van der Waals surface area contributed by atoms with Gasteiger partial charge in [0.15, 0.2) is 0 Å². The molecule has 72 valence electrons. The molecule has 0 spiro atoms. The van der Waals surface area contributed by atoms with Crippen molar-refractivity contribution in [3.63, 3.8) is 0 Å². The monoisotopic (exact) mass is 306 g/mol. The molecule has 6 heteroatoms. The second kappa shape index (κ2) is 3.52. The van der Waals surface area contributed by atoms with E-state index in [1.807, 2.05) is 22.6 Å². The third-order valence-corrected chi connectivity index (χ3v) is 2.49. The van der Waals surface area contributed by atoms with E-state index in [-0.39, 0.29) is 11.7 Å². The average Bonchev–Trinajstić information content (AvgIpc) is 2.51. The summed E-state index contributed by atoms with van der Waals surface area (Å²) in [4.78, 5) is 10.7. The van der Waals surface area contributed by atoms with Crippen molar-refractivity contribution in [1.82, 2.24) is 10.2 Å². The molecule has 1 aromatic carbocycles. The Bertz CT molecular complexity index is 520. The minimum absolute atomic E-state index is 0.166. The maximum absolute atomic E-state index is 12.7. The van der Waals surface area contributed by atoms with Crippen LogP contribution in [-0.2, 0) is 0 Å². The van der Waals surface area contributed by atoms with E-state index in [0.29, 0.717) is 9.13 Å². The van der Waals surface area contributed by atoms with Gasteiger partial charge in [-0.15, -0.1) is 5.10 Å². The van der Waals surface area contributed by atoms with Crippen LogP contribution in [0.4, 0.5) is 4.39 Å². The lowest BCUT2D eigenvalue weighted by Crippen LogP contribution is -1.93. The van der Waals surface area contributed by atoms with Crippen LogP contribution in [-0.4, -0.2) is 10.2 Å². The summed E-state index contributed by atoms with van der Waals surface area (Å²) >= 11 is 1.94. The van der Waals surface area contributed by atoms with Crippen molar-refractivity contribution in [2.24, 2.45) is 0 Å². The van der Waals surface area contributed by atoms with E-state index >= 15 is 0 Å². The summed E-state index contributed by atoms with van der Waals surface area (Å²) in [5, 5.41) is 5.78. The smallest absolute Gasteiger partial charge is 0.388 e. The number of benzene rings is 1. The SMILES string of the molecule is O=c1[nH]nc(-c2ccc(F)cc2I)o1. The Morgan fingerprint density at radius 1 is 1.50 bits per heavy atom. The zero-order chi connectivity index (χ0) is 10.1. The first kappa shape index (κ1) is 9.38. The molecule has 0 fully saturated rings. The Hall–Kier alpha value is -1.18. The quantitative estimate of drug-likeness (QED) is 0.817. The number of nitrogens with zero attached hydrogens (tertiary/aromatic N) is 1. The van der Waals surface area contributed by atoms with Gasteiger partial charge in [0.2, 0.25) is 5.89 Å². The van der Waals surface area contributed by atoms with E-state index in [1.165, 1.54) is 18.2 Å². The maximum Gasteiger partial charge on any atom is 0.434 e. The predicted molar refractivity (Wildman–Crippen MR) is 55.2 cm³/mol. The predicted octanol–water partition coefficient (Wildman–Crippen LogP) is 1.77. The molecule has 0 unspecified atom stereocenters. The van der Waals surface area contributed by atoms with Crippen molar-refractivity contribution in [2.45, 2.75) is 0 Å². The van der Waals surface area contributed by atoms with Crippen molar-refractivity contribution in [3.05, 3.63) is 38.1 Å². The molecule has 0 aliphatic carbocycles. The van der Waals surface area contributed by atoms with Crippen molar-refractivity contribution < 1.29 is 8.81 Å². The lowest BCUT2D eigenvalue weighted by molar-refractivity contribution is 0.526. The van der Waals surface area contributed by atoms with Crippen LogP contribution in [0.3, 0.4) is 0 Å². The number of aromatic amines is 1. The maximum atomic E-state index is 12.7. The summed E-state index contributed by atoms with van der Waals surface area (Å²) in [5.41, 5.74) is 0.588. The standard InChI is InChI=1S/C8H4FIN2O2/c9-4-1-2-5(6(10)3-4)7-11-12-8(13)14-7/h1-3H,(H,12,13). The van der Waals surface area contributed by atoms with E-state index in [9.17, 15) is 9.18 Å². The first-order chi connectivity index (χ1) is 6.66. The normalized spacial score (nSPS) is 10.4. The summed E-state index contributed by atoms with van der Waals surface area (Å²) in [6.07, 6.45) is 0. The Morgan fingerprint density at radius 3 is 2.86 bits per heavy atom. The van der Waals surface area contributed by atoms with Crippen molar-refractivity contribution >= 4 is 22.6 Å². The lowest BCUT2D eigenvalue weighted by Gasteiger charge is -1.97. The number of nitrogens with one attached hydrogen (secondary N) is 1. The fourth-order valence-corrected chi connectivity index (χ4v) is 1.72. The van der Waals surface area contributed by atoms with Gasteiger partial charge in [-0.1, -0.05) is 0 Å². The first-order valence-electron chi connectivity index (χ1n) is 3.68. The molecule has 0 saturated heterocycles. The number of halogens is 2. The summed E-state index contributed by atoms with van der Waals surface area (Å²) in [6, 6.07) is 4.13. The molecule has 0 aliphatic rings. The summed E-state index contributed by atoms with van der Waals surface area (Å²) in [7, 11) is 0. The van der Waals surface area contributed by atoms with Crippen molar-refractivity contribution in [3.8, 4) is 11.5 Å². The van der Waals surface area contributed by atoms with Crippen LogP contribution in [0.25, 0.3) is 11.5 Å². The Kier molecular flexibility index (Phi) is 2.36. The van der Waals surface area contributed by atoms with Gasteiger partial charge < -0.3 is 4.42 Å². The third-order valence-electron chi connectivity index (χ3n) is 1.60. The van der Waals surface area contributed by atoms with Crippen LogP contribution < -0.4 is 5.76 Å². The minimum atomic E-state index is -0.625. The molecule has 2 rings (SSSR count). The Balaban J connectivity index is 2.57. The first-order valence-corrected chi connectivity index (χ1v) is 4.75. The van der Waals surface area contributed by atoms with Crippen molar-refractivity contribution in [2.75, 3.05) is 0 Å². The van der Waals surface area contributed by atoms with Crippen LogP contribution in [0.5, 0.6) is 0 Å². The van der Waals surface area contributed by atoms with Gasteiger partial charge in [-0.05, 0) is 40.8 Å². The number of aromatic nitrogens is 2. The number of hydrogen-bond acceptors (Lipinski definition) is 3. The van der Waals surface area contributed by atoms with Crippen LogP contribution in [0.15, 0.2) is 27.4 Å². The van der Waals surface area contributed by atoms with Gasteiger partial charge in [0.05, 0.1) is 5.56 Å². The topological polar surface area (TPSA) is 58.9 Å². The van der Waals surface area contributed by atoms with Gasteiger partial charge in [-0.2, -0.15) is 0 Å². The molecule has 4 nitrogen and oxygen atoms in total. The Labute approximate surface area is 91.3 Å². The average molecular weight is 306 g/mol. The fourth-order valence-electron chi connectivity index (χ4n) is 1.01. The minimum Gasteiger partial charge on any atom is -0.388 e.